The molecule has 13 heteroatoms. The maximum absolute atomic E-state index is 13.6. The molecule has 0 spiro atoms. The van der Waals surface area contributed by atoms with Crippen molar-refractivity contribution in [2.24, 2.45) is 0 Å². The van der Waals surface area contributed by atoms with Crippen LogP contribution in [0.15, 0.2) is 30.3 Å². The van der Waals surface area contributed by atoms with E-state index >= 15 is 0 Å². The lowest BCUT2D eigenvalue weighted by Crippen LogP contribution is -2.51. The molecule has 0 saturated heterocycles. The molecule has 1 unspecified atom stereocenters. The molecule has 2 amide bonds. The summed E-state index contributed by atoms with van der Waals surface area (Å²) in [7, 11) is -4.00. The summed E-state index contributed by atoms with van der Waals surface area (Å²) in [6.07, 6.45) is 2.57. The van der Waals surface area contributed by atoms with Gasteiger partial charge in [-0.05, 0) is 37.6 Å². The summed E-state index contributed by atoms with van der Waals surface area (Å²) < 4.78 is 26.2. The topological polar surface area (TPSA) is 86.8 Å². The fourth-order valence-electron chi connectivity index (χ4n) is 3.27. The maximum Gasteiger partial charge on any atom is 0.244 e. The number of nitrogens with zero attached hydrogens (tertiary/aromatic N) is 2. The van der Waals surface area contributed by atoms with Gasteiger partial charge in [0.2, 0.25) is 21.8 Å². The van der Waals surface area contributed by atoms with Crippen molar-refractivity contribution in [1.82, 2.24) is 10.2 Å². The Morgan fingerprint density at radius 1 is 0.972 bits per heavy atom. The Morgan fingerprint density at radius 2 is 1.56 bits per heavy atom. The van der Waals surface area contributed by atoms with Crippen molar-refractivity contribution in [3.8, 4) is 0 Å². The van der Waals surface area contributed by atoms with E-state index in [1.165, 1.54) is 17.0 Å². The second-order valence-corrected chi connectivity index (χ2v) is 12.0. The van der Waals surface area contributed by atoms with Gasteiger partial charge in [0.05, 0.1) is 27.0 Å². The first-order chi connectivity index (χ1) is 16.8. The average molecular weight is 618 g/mol. The largest absolute Gasteiger partial charge is 0.354 e. The first-order valence-corrected chi connectivity index (χ1v) is 14.6. The quantitative estimate of drug-likeness (QED) is 0.246. The first-order valence-electron chi connectivity index (χ1n) is 10.9. The van der Waals surface area contributed by atoms with E-state index in [-0.39, 0.29) is 27.3 Å². The van der Waals surface area contributed by atoms with Crippen LogP contribution in [0.3, 0.4) is 0 Å². The fourth-order valence-corrected chi connectivity index (χ4v) is 5.33. The molecule has 198 valence electrons. The normalized spacial score (nSPS) is 12.2. The van der Waals surface area contributed by atoms with E-state index in [1.807, 2.05) is 6.92 Å². The number of carbonyl (C=O) groups is 2. The minimum atomic E-state index is -4.00. The number of carbonyl (C=O) groups excluding carboxylic acids is 2. The van der Waals surface area contributed by atoms with Gasteiger partial charge in [-0.15, -0.1) is 0 Å². The van der Waals surface area contributed by atoms with Gasteiger partial charge in [-0.3, -0.25) is 13.9 Å². The summed E-state index contributed by atoms with van der Waals surface area (Å²) in [5.74, 6) is -1.09. The monoisotopic (exact) mass is 615 g/mol. The molecule has 0 aromatic heterocycles. The summed E-state index contributed by atoms with van der Waals surface area (Å²) in [4.78, 5) is 27.7. The predicted molar refractivity (Wildman–Crippen MR) is 148 cm³/mol. The number of halogens is 5. The van der Waals surface area contributed by atoms with Crippen molar-refractivity contribution >= 4 is 85.5 Å². The Morgan fingerprint density at radius 3 is 2.11 bits per heavy atom. The maximum atomic E-state index is 13.6. The Kier molecular flexibility index (Phi) is 11.5. The van der Waals surface area contributed by atoms with Gasteiger partial charge in [-0.1, -0.05) is 77.4 Å². The lowest BCUT2D eigenvalue weighted by molar-refractivity contribution is -0.139. The summed E-state index contributed by atoms with van der Waals surface area (Å²) >= 11 is 30.9. The molecule has 1 atom stereocenters. The highest BCUT2D eigenvalue weighted by Crippen LogP contribution is 2.36. The van der Waals surface area contributed by atoms with Crippen molar-refractivity contribution in [2.75, 3.05) is 23.7 Å². The van der Waals surface area contributed by atoms with Crippen LogP contribution in [0.2, 0.25) is 25.1 Å². The minimum Gasteiger partial charge on any atom is -0.354 e. The molecule has 2 rings (SSSR count). The van der Waals surface area contributed by atoms with Crippen molar-refractivity contribution in [1.29, 1.82) is 0 Å². The van der Waals surface area contributed by atoms with Crippen molar-refractivity contribution in [3.63, 3.8) is 0 Å². The molecule has 0 aliphatic carbocycles. The van der Waals surface area contributed by atoms with Gasteiger partial charge in [0, 0.05) is 28.7 Å². The molecule has 0 radical (unpaired) electrons. The molecule has 7 nitrogen and oxygen atoms in total. The van der Waals surface area contributed by atoms with Gasteiger partial charge in [-0.2, -0.15) is 0 Å². The van der Waals surface area contributed by atoms with E-state index < -0.39 is 34.4 Å². The molecule has 0 heterocycles. The lowest BCUT2D eigenvalue weighted by atomic mass is 10.1. The number of nitrogens with one attached hydrogen (secondary N) is 1. The van der Waals surface area contributed by atoms with Gasteiger partial charge in [0.15, 0.2) is 0 Å². The first kappa shape index (κ1) is 30.8. The molecule has 36 heavy (non-hydrogen) atoms. The van der Waals surface area contributed by atoms with E-state index in [0.717, 1.165) is 23.4 Å². The number of hydrogen-bond acceptors (Lipinski definition) is 4. The van der Waals surface area contributed by atoms with Gasteiger partial charge in [0.25, 0.3) is 0 Å². The predicted octanol–water partition coefficient (Wildman–Crippen LogP) is 6.05. The Labute approximate surface area is 236 Å². The molecule has 0 aliphatic heterocycles. The van der Waals surface area contributed by atoms with Crippen molar-refractivity contribution in [3.05, 3.63) is 61.0 Å². The van der Waals surface area contributed by atoms with Crippen molar-refractivity contribution in [2.45, 2.75) is 39.3 Å². The number of benzene rings is 2. The highest BCUT2D eigenvalue weighted by atomic mass is 35.5. The highest BCUT2D eigenvalue weighted by molar-refractivity contribution is 7.92. The van der Waals surface area contributed by atoms with Gasteiger partial charge >= 0.3 is 0 Å². The SMILES string of the molecule is CCCCNC(=O)C(C)N(Cc1c(Cl)cccc1Cl)C(=O)CN(c1cc(Cl)c(Cl)cc1Cl)S(C)(=O)=O. The van der Waals surface area contributed by atoms with Crippen LogP contribution >= 0.6 is 58.0 Å². The highest BCUT2D eigenvalue weighted by Gasteiger charge is 2.31. The smallest absolute Gasteiger partial charge is 0.244 e. The Hall–Kier alpha value is -1.42. The van der Waals surface area contributed by atoms with Crippen LogP contribution in [0.4, 0.5) is 5.69 Å². The van der Waals surface area contributed by atoms with E-state index in [1.54, 1.807) is 25.1 Å². The third kappa shape index (κ3) is 8.04. The summed E-state index contributed by atoms with van der Waals surface area (Å²) in [5.41, 5.74) is 0.388. The standard InChI is InChI=1S/C23H26Cl5N3O4S/c1-4-5-9-29-23(33)14(2)30(12-15-16(24)7-6-8-17(15)25)22(32)13-31(36(3,34)35)21-11-19(27)18(26)10-20(21)28/h6-8,10-11,14H,4-5,9,12-13H2,1-3H3,(H,29,33). The van der Waals surface area contributed by atoms with Crippen LogP contribution in [0.1, 0.15) is 32.3 Å². The molecule has 0 bridgehead atoms. The van der Waals surface area contributed by atoms with Gasteiger partial charge in [-0.25, -0.2) is 8.42 Å². The number of rotatable bonds is 11. The number of sulfonamides is 1. The summed E-state index contributed by atoms with van der Waals surface area (Å²) in [5, 5.41) is 3.54. The third-order valence-corrected chi connectivity index (χ3v) is 8.18. The molecule has 2 aromatic rings. The molecular formula is C23H26Cl5N3O4S. The fraction of sp³-hybridized carbons (Fsp3) is 0.391. The average Bonchev–Trinajstić information content (AvgIpc) is 2.78. The summed E-state index contributed by atoms with van der Waals surface area (Å²) in [6, 6.07) is 6.45. The third-order valence-electron chi connectivity index (χ3n) is 5.32. The van der Waals surface area contributed by atoms with Crippen LogP contribution in [-0.2, 0) is 26.2 Å². The zero-order valence-corrected chi connectivity index (χ0v) is 24.4. The zero-order valence-electron chi connectivity index (χ0n) is 19.8. The van der Waals surface area contributed by atoms with Crippen LogP contribution in [0, 0.1) is 0 Å². The summed E-state index contributed by atoms with van der Waals surface area (Å²) in [6.45, 7) is 3.17. The van der Waals surface area contributed by atoms with E-state index in [4.69, 9.17) is 58.0 Å². The second-order valence-electron chi connectivity index (χ2n) is 8.03. The molecule has 0 saturated carbocycles. The van der Waals surface area contributed by atoms with E-state index in [2.05, 4.69) is 5.32 Å². The number of hydrogen-bond donors (Lipinski definition) is 1. The molecule has 2 aromatic carbocycles. The van der Waals surface area contributed by atoms with Gasteiger partial charge in [0.1, 0.15) is 12.6 Å². The minimum absolute atomic E-state index is 0.0197. The van der Waals surface area contributed by atoms with Crippen LogP contribution < -0.4 is 9.62 Å². The number of amides is 2. The zero-order chi connectivity index (χ0) is 27.2. The van der Waals surface area contributed by atoms with Crippen LogP contribution in [0.5, 0.6) is 0 Å². The lowest BCUT2D eigenvalue weighted by Gasteiger charge is -2.32. The number of unbranched alkanes of at least 4 members (excludes halogenated alkanes) is 1. The van der Waals surface area contributed by atoms with Gasteiger partial charge < -0.3 is 10.2 Å². The van der Waals surface area contributed by atoms with Crippen LogP contribution in [0.25, 0.3) is 0 Å². The molecule has 0 aliphatic rings. The Bertz CT molecular complexity index is 1210. The molecular weight excluding hydrogens is 592 g/mol. The Balaban J connectivity index is 2.48. The molecule has 0 fully saturated rings. The number of anilines is 1. The van der Waals surface area contributed by atoms with E-state index in [0.29, 0.717) is 22.2 Å². The van der Waals surface area contributed by atoms with Crippen LogP contribution in [-0.4, -0.2) is 50.5 Å². The molecule has 1 N–H and O–H groups in total. The van der Waals surface area contributed by atoms with Crippen molar-refractivity contribution < 1.29 is 18.0 Å². The van der Waals surface area contributed by atoms with E-state index in [9.17, 15) is 18.0 Å². The second kappa shape index (κ2) is 13.4.